The maximum atomic E-state index is 13.2. The second-order valence-electron chi connectivity index (χ2n) is 3.06. The highest BCUT2D eigenvalue weighted by atomic mass is 19.1. The summed E-state index contributed by atoms with van der Waals surface area (Å²) in [6, 6.07) is 4.75. The second kappa shape index (κ2) is 4.35. The first kappa shape index (κ1) is 10.2. The summed E-state index contributed by atoms with van der Waals surface area (Å²) in [5, 5.41) is 9.56. The monoisotopic (exact) mass is 183 g/mol. The molecule has 0 bridgehead atoms. The molecule has 0 amide bonds. The molecular formula is C10H14FNO. The van der Waals surface area contributed by atoms with Gasteiger partial charge in [-0.3, -0.25) is 0 Å². The van der Waals surface area contributed by atoms with Crippen LogP contribution in [0.3, 0.4) is 0 Å². The molecule has 1 atom stereocenters. The van der Waals surface area contributed by atoms with Gasteiger partial charge in [-0.1, -0.05) is 12.1 Å². The highest BCUT2D eigenvalue weighted by molar-refractivity contribution is 5.29. The van der Waals surface area contributed by atoms with E-state index in [2.05, 4.69) is 0 Å². The predicted molar refractivity (Wildman–Crippen MR) is 49.8 cm³/mol. The molecule has 2 nitrogen and oxygen atoms in total. The number of halogens is 1. The summed E-state index contributed by atoms with van der Waals surface area (Å²) in [7, 11) is 0. The van der Waals surface area contributed by atoms with Gasteiger partial charge >= 0.3 is 0 Å². The number of aliphatic hydroxyl groups is 1. The lowest BCUT2D eigenvalue weighted by Gasteiger charge is -2.13. The molecule has 0 aromatic heterocycles. The Kier molecular flexibility index (Phi) is 3.39. The molecule has 72 valence electrons. The van der Waals surface area contributed by atoms with Gasteiger partial charge < -0.3 is 10.8 Å². The van der Waals surface area contributed by atoms with Gasteiger partial charge in [-0.25, -0.2) is 4.39 Å². The molecule has 13 heavy (non-hydrogen) atoms. The summed E-state index contributed by atoms with van der Waals surface area (Å²) in [4.78, 5) is 0. The summed E-state index contributed by atoms with van der Waals surface area (Å²) in [6.45, 7) is 2.13. The van der Waals surface area contributed by atoms with Gasteiger partial charge in [0, 0.05) is 5.56 Å². The molecule has 0 aliphatic heterocycles. The van der Waals surface area contributed by atoms with Crippen molar-refractivity contribution < 1.29 is 9.50 Å². The molecule has 1 aromatic rings. The standard InChI is InChI=1S/C10H14FNO/c1-7-3-2-4-8(11)10(7)9(13)5-6-12/h2-4,9,13H,5-6,12H2,1H3. The van der Waals surface area contributed by atoms with Crippen LogP contribution < -0.4 is 5.73 Å². The average Bonchev–Trinajstić information content (AvgIpc) is 2.04. The van der Waals surface area contributed by atoms with E-state index in [0.29, 0.717) is 18.5 Å². The van der Waals surface area contributed by atoms with E-state index in [1.807, 2.05) is 0 Å². The highest BCUT2D eigenvalue weighted by Crippen LogP contribution is 2.22. The van der Waals surface area contributed by atoms with Crippen molar-refractivity contribution >= 4 is 0 Å². The Morgan fingerprint density at radius 1 is 1.54 bits per heavy atom. The summed E-state index contributed by atoms with van der Waals surface area (Å²) in [5.74, 6) is -0.360. The summed E-state index contributed by atoms with van der Waals surface area (Å²) in [6.07, 6.45) is -0.395. The molecule has 3 heteroatoms. The fraction of sp³-hybridized carbons (Fsp3) is 0.400. The van der Waals surface area contributed by atoms with E-state index in [-0.39, 0.29) is 5.82 Å². The first-order valence-electron chi connectivity index (χ1n) is 4.30. The number of hydrogen-bond donors (Lipinski definition) is 2. The van der Waals surface area contributed by atoms with Crippen LogP contribution in [-0.2, 0) is 0 Å². The van der Waals surface area contributed by atoms with Crippen molar-refractivity contribution in [3.8, 4) is 0 Å². The average molecular weight is 183 g/mol. The van der Waals surface area contributed by atoms with E-state index in [9.17, 15) is 9.50 Å². The number of aliphatic hydroxyl groups excluding tert-OH is 1. The van der Waals surface area contributed by atoms with Gasteiger partial charge in [0.25, 0.3) is 0 Å². The first-order valence-corrected chi connectivity index (χ1v) is 4.30. The predicted octanol–water partition coefficient (Wildman–Crippen LogP) is 1.52. The van der Waals surface area contributed by atoms with E-state index in [1.165, 1.54) is 6.07 Å². The van der Waals surface area contributed by atoms with Gasteiger partial charge in [0.05, 0.1) is 6.10 Å². The normalized spacial score (nSPS) is 12.9. The van der Waals surface area contributed by atoms with Crippen molar-refractivity contribution in [2.75, 3.05) is 6.54 Å². The maximum Gasteiger partial charge on any atom is 0.129 e. The summed E-state index contributed by atoms with van der Waals surface area (Å²) >= 11 is 0. The van der Waals surface area contributed by atoms with E-state index >= 15 is 0 Å². The van der Waals surface area contributed by atoms with E-state index < -0.39 is 6.10 Å². The van der Waals surface area contributed by atoms with Crippen LogP contribution in [0.15, 0.2) is 18.2 Å². The quantitative estimate of drug-likeness (QED) is 0.746. The molecule has 0 spiro atoms. The van der Waals surface area contributed by atoms with Gasteiger partial charge in [-0.2, -0.15) is 0 Å². The maximum absolute atomic E-state index is 13.2. The molecule has 0 aliphatic carbocycles. The minimum atomic E-state index is -0.786. The van der Waals surface area contributed by atoms with E-state index in [1.54, 1.807) is 19.1 Å². The molecule has 1 unspecified atom stereocenters. The fourth-order valence-corrected chi connectivity index (χ4v) is 1.37. The molecule has 0 heterocycles. The summed E-state index contributed by atoms with van der Waals surface area (Å²) < 4.78 is 13.2. The smallest absolute Gasteiger partial charge is 0.129 e. The molecule has 3 N–H and O–H groups in total. The Labute approximate surface area is 77.2 Å². The van der Waals surface area contributed by atoms with Crippen LogP contribution >= 0.6 is 0 Å². The number of rotatable bonds is 3. The van der Waals surface area contributed by atoms with Crippen LogP contribution in [0.2, 0.25) is 0 Å². The van der Waals surface area contributed by atoms with Crippen molar-refractivity contribution in [3.05, 3.63) is 35.1 Å². The van der Waals surface area contributed by atoms with Crippen LogP contribution in [0.5, 0.6) is 0 Å². The van der Waals surface area contributed by atoms with Crippen molar-refractivity contribution in [2.24, 2.45) is 5.73 Å². The van der Waals surface area contributed by atoms with Crippen molar-refractivity contribution in [1.82, 2.24) is 0 Å². The molecule has 1 rings (SSSR count). The van der Waals surface area contributed by atoms with Crippen molar-refractivity contribution in [1.29, 1.82) is 0 Å². The van der Waals surface area contributed by atoms with Gasteiger partial charge in [-0.05, 0) is 31.5 Å². The van der Waals surface area contributed by atoms with Crippen molar-refractivity contribution in [2.45, 2.75) is 19.4 Å². The number of hydrogen-bond acceptors (Lipinski definition) is 2. The molecule has 0 saturated carbocycles. The van der Waals surface area contributed by atoms with Crippen LogP contribution in [-0.4, -0.2) is 11.7 Å². The molecule has 0 fully saturated rings. The zero-order chi connectivity index (χ0) is 9.84. The zero-order valence-electron chi connectivity index (χ0n) is 7.63. The van der Waals surface area contributed by atoms with Crippen LogP contribution in [0.4, 0.5) is 4.39 Å². The Morgan fingerprint density at radius 3 is 2.77 bits per heavy atom. The Bertz CT molecular complexity index is 268. The zero-order valence-corrected chi connectivity index (χ0v) is 7.63. The van der Waals surface area contributed by atoms with Gasteiger partial charge in [0.1, 0.15) is 5.82 Å². The molecule has 0 radical (unpaired) electrons. The van der Waals surface area contributed by atoms with Crippen LogP contribution in [0.25, 0.3) is 0 Å². The van der Waals surface area contributed by atoms with Gasteiger partial charge in [-0.15, -0.1) is 0 Å². The third-order valence-corrected chi connectivity index (χ3v) is 2.04. The third-order valence-electron chi connectivity index (χ3n) is 2.04. The van der Waals surface area contributed by atoms with Gasteiger partial charge in [0.2, 0.25) is 0 Å². The Balaban J connectivity index is 2.98. The van der Waals surface area contributed by atoms with Crippen molar-refractivity contribution in [3.63, 3.8) is 0 Å². The van der Waals surface area contributed by atoms with Gasteiger partial charge in [0.15, 0.2) is 0 Å². The van der Waals surface area contributed by atoms with E-state index in [4.69, 9.17) is 5.73 Å². The van der Waals surface area contributed by atoms with Crippen LogP contribution in [0, 0.1) is 12.7 Å². The highest BCUT2D eigenvalue weighted by Gasteiger charge is 2.13. The minimum absolute atomic E-state index is 0.356. The lowest BCUT2D eigenvalue weighted by molar-refractivity contribution is 0.165. The molecule has 1 aromatic carbocycles. The summed E-state index contributed by atoms with van der Waals surface area (Å²) in [5.41, 5.74) is 6.42. The minimum Gasteiger partial charge on any atom is -0.388 e. The Hall–Kier alpha value is -0.930. The van der Waals surface area contributed by atoms with E-state index in [0.717, 1.165) is 5.56 Å². The largest absolute Gasteiger partial charge is 0.388 e. The second-order valence-corrected chi connectivity index (χ2v) is 3.06. The lowest BCUT2D eigenvalue weighted by atomic mass is 10.0. The molecular weight excluding hydrogens is 169 g/mol. The molecule has 0 aliphatic rings. The lowest BCUT2D eigenvalue weighted by Crippen LogP contribution is -2.09. The number of nitrogens with two attached hydrogens (primary N) is 1. The SMILES string of the molecule is Cc1cccc(F)c1C(O)CCN. The number of benzene rings is 1. The third kappa shape index (κ3) is 2.26. The molecule has 0 saturated heterocycles. The topological polar surface area (TPSA) is 46.2 Å². The Morgan fingerprint density at radius 2 is 2.23 bits per heavy atom. The van der Waals surface area contributed by atoms with Crippen LogP contribution in [0.1, 0.15) is 23.7 Å². The fourth-order valence-electron chi connectivity index (χ4n) is 1.37. The first-order chi connectivity index (χ1) is 6.16. The number of aryl methyl sites for hydroxylation is 1.